The van der Waals surface area contributed by atoms with E-state index in [2.05, 4.69) is 0 Å². The molecule has 0 bridgehead atoms. The van der Waals surface area contributed by atoms with E-state index in [1.807, 2.05) is 30.3 Å². The van der Waals surface area contributed by atoms with Crippen LogP contribution < -0.4 is 0 Å². The zero-order valence-corrected chi connectivity index (χ0v) is 11.3. The summed E-state index contributed by atoms with van der Waals surface area (Å²) in [4.78, 5) is 10.4. The van der Waals surface area contributed by atoms with Gasteiger partial charge in [-0.1, -0.05) is 42.5 Å². The van der Waals surface area contributed by atoms with Gasteiger partial charge in [-0.25, -0.2) is 0 Å². The molecule has 2 aromatic rings. The van der Waals surface area contributed by atoms with Crippen molar-refractivity contribution in [1.82, 2.24) is 0 Å². The van der Waals surface area contributed by atoms with E-state index in [-0.39, 0.29) is 17.7 Å². The fourth-order valence-corrected chi connectivity index (χ4v) is 2.63. The van der Waals surface area contributed by atoms with Gasteiger partial charge in [-0.05, 0) is 11.1 Å². The van der Waals surface area contributed by atoms with Crippen LogP contribution in [0.3, 0.4) is 0 Å². The van der Waals surface area contributed by atoms with Crippen LogP contribution in [0.2, 0.25) is 0 Å². The molecule has 1 aliphatic rings. The number of ether oxygens (including phenoxy) is 2. The van der Waals surface area contributed by atoms with E-state index in [4.69, 9.17) is 9.47 Å². The summed E-state index contributed by atoms with van der Waals surface area (Å²) < 4.78 is 11.0. The van der Waals surface area contributed by atoms with Gasteiger partial charge in [-0.2, -0.15) is 0 Å². The molecule has 1 heterocycles. The van der Waals surface area contributed by atoms with Crippen molar-refractivity contribution in [2.24, 2.45) is 0 Å². The number of benzene rings is 2. The lowest BCUT2D eigenvalue weighted by molar-refractivity contribution is -0.384. The van der Waals surface area contributed by atoms with Crippen LogP contribution in [0.5, 0.6) is 0 Å². The predicted octanol–water partition coefficient (Wildman–Crippen LogP) is 3.10. The van der Waals surface area contributed by atoms with Crippen LogP contribution >= 0.6 is 0 Å². The molecule has 0 aliphatic carbocycles. The van der Waals surface area contributed by atoms with Crippen LogP contribution in [0.1, 0.15) is 17.0 Å². The van der Waals surface area contributed by atoms with Crippen molar-refractivity contribution in [2.45, 2.75) is 12.0 Å². The molecule has 0 N–H and O–H groups in total. The third-order valence-corrected chi connectivity index (χ3v) is 3.64. The zero-order valence-electron chi connectivity index (χ0n) is 11.3. The Bertz CT molecular complexity index is 606. The summed E-state index contributed by atoms with van der Waals surface area (Å²) in [6.45, 7) is 0.817. The highest BCUT2D eigenvalue weighted by atomic mass is 16.7. The van der Waals surface area contributed by atoms with Crippen LogP contribution in [0, 0.1) is 10.1 Å². The highest BCUT2D eigenvalue weighted by Gasteiger charge is 2.29. The fraction of sp³-hybridized carbons (Fsp3) is 0.250. The van der Waals surface area contributed by atoms with Crippen LogP contribution in [-0.2, 0) is 9.47 Å². The molecule has 5 nitrogen and oxygen atoms in total. The second-order valence-electron chi connectivity index (χ2n) is 4.93. The lowest BCUT2D eigenvalue weighted by atomic mass is 9.87. The zero-order chi connectivity index (χ0) is 14.7. The quantitative estimate of drug-likeness (QED) is 0.639. The number of rotatable bonds is 4. The second-order valence-corrected chi connectivity index (χ2v) is 4.93. The smallest absolute Gasteiger partial charge is 0.269 e. The molecular weight excluding hydrogens is 270 g/mol. The summed E-state index contributed by atoms with van der Waals surface area (Å²) in [6.07, 6.45) is -0.0751. The number of hydrogen-bond acceptors (Lipinski definition) is 4. The number of non-ortho nitro benzene ring substituents is 1. The predicted molar refractivity (Wildman–Crippen MR) is 77.1 cm³/mol. The molecule has 3 rings (SSSR count). The minimum Gasteiger partial charge on any atom is -0.353 e. The lowest BCUT2D eigenvalue weighted by Crippen LogP contribution is -2.22. The van der Waals surface area contributed by atoms with Crippen LogP contribution in [0.15, 0.2) is 54.6 Å². The Morgan fingerprint density at radius 2 is 1.71 bits per heavy atom. The second kappa shape index (κ2) is 6.03. The Balaban J connectivity index is 1.96. The van der Waals surface area contributed by atoms with Crippen molar-refractivity contribution in [3.8, 4) is 0 Å². The minimum atomic E-state index is -0.392. The van der Waals surface area contributed by atoms with Gasteiger partial charge in [0.1, 0.15) is 6.79 Å². The average molecular weight is 285 g/mol. The lowest BCUT2D eigenvalue weighted by Gasteiger charge is -2.22. The van der Waals surface area contributed by atoms with E-state index in [0.717, 1.165) is 11.1 Å². The van der Waals surface area contributed by atoms with Gasteiger partial charge < -0.3 is 9.47 Å². The molecule has 1 aliphatic heterocycles. The Labute approximate surface area is 122 Å². The van der Waals surface area contributed by atoms with E-state index in [9.17, 15) is 10.1 Å². The van der Waals surface area contributed by atoms with Gasteiger partial charge in [0.2, 0.25) is 0 Å². The molecule has 0 aromatic heterocycles. The van der Waals surface area contributed by atoms with Crippen molar-refractivity contribution in [1.29, 1.82) is 0 Å². The summed E-state index contributed by atoms with van der Waals surface area (Å²) in [6, 6.07) is 16.6. The molecule has 5 heteroatoms. The third kappa shape index (κ3) is 2.94. The molecular formula is C16H15NO4. The summed E-state index contributed by atoms with van der Waals surface area (Å²) in [5.41, 5.74) is 2.19. The highest BCUT2D eigenvalue weighted by molar-refractivity contribution is 5.39. The molecule has 0 spiro atoms. The van der Waals surface area contributed by atoms with E-state index < -0.39 is 4.92 Å². The molecule has 0 radical (unpaired) electrons. The minimum absolute atomic E-state index is 0.00880. The molecule has 0 amide bonds. The monoisotopic (exact) mass is 285 g/mol. The van der Waals surface area contributed by atoms with Crippen LogP contribution in [0.25, 0.3) is 0 Å². The van der Waals surface area contributed by atoms with Gasteiger partial charge in [0.15, 0.2) is 0 Å². The first-order valence-electron chi connectivity index (χ1n) is 6.74. The van der Waals surface area contributed by atoms with Crippen molar-refractivity contribution in [3.05, 3.63) is 75.8 Å². The van der Waals surface area contributed by atoms with Gasteiger partial charge in [0.25, 0.3) is 5.69 Å². The molecule has 1 fully saturated rings. The highest BCUT2D eigenvalue weighted by Crippen LogP contribution is 2.32. The molecule has 2 aromatic carbocycles. The van der Waals surface area contributed by atoms with Gasteiger partial charge in [0, 0.05) is 18.1 Å². The van der Waals surface area contributed by atoms with Crippen LogP contribution in [-0.4, -0.2) is 24.4 Å². The number of nitro benzene ring substituents is 1. The van der Waals surface area contributed by atoms with E-state index >= 15 is 0 Å². The number of hydrogen-bond donors (Lipinski definition) is 0. The third-order valence-electron chi connectivity index (χ3n) is 3.64. The maximum Gasteiger partial charge on any atom is 0.269 e. The summed E-state index contributed by atoms with van der Waals surface area (Å²) in [5.74, 6) is 0.00880. The molecule has 0 unspecified atom stereocenters. The van der Waals surface area contributed by atoms with E-state index in [1.165, 1.54) is 12.1 Å². The van der Waals surface area contributed by atoms with Crippen molar-refractivity contribution >= 4 is 5.69 Å². The van der Waals surface area contributed by atoms with Crippen LogP contribution in [0.4, 0.5) is 5.69 Å². The Kier molecular flexibility index (Phi) is 3.94. The van der Waals surface area contributed by atoms with Crippen molar-refractivity contribution in [2.75, 3.05) is 13.4 Å². The van der Waals surface area contributed by atoms with Crippen molar-refractivity contribution in [3.63, 3.8) is 0 Å². The summed E-state index contributed by atoms with van der Waals surface area (Å²) in [5, 5.41) is 10.8. The molecule has 21 heavy (non-hydrogen) atoms. The van der Waals surface area contributed by atoms with E-state index in [0.29, 0.717) is 13.4 Å². The van der Waals surface area contributed by atoms with Gasteiger partial charge in [-0.3, -0.25) is 10.1 Å². The maximum atomic E-state index is 10.8. The van der Waals surface area contributed by atoms with Gasteiger partial charge >= 0.3 is 0 Å². The molecule has 2 atom stereocenters. The Hall–Kier alpha value is -2.24. The largest absolute Gasteiger partial charge is 0.353 e. The standard InChI is InChI=1S/C16H15NO4/c18-17(19)14-8-6-13(7-9-14)16(15-10-20-11-21-15)12-4-2-1-3-5-12/h1-9,15-16H,10-11H2/t15-,16+/m0/s1. The molecule has 1 saturated heterocycles. The number of nitro groups is 1. The Morgan fingerprint density at radius 3 is 2.29 bits per heavy atom. The van der Waals surface area contributed by atoms with E-state index in [1.54, 1.807) is 12.1 Å². The average Bonchev–Trinajstić information content (AvgIpc) is 3.03. The summed E-state index contributed by atoms with van der Waals surface area (Å²) in [7, 11) is 0. The number of nitrogens with zero attached hydrogens (tertiary/aromatic N) is 1. The normalized spacial score (nSPS) is 19.3. The fourth-order valence-electron chi connectivity index (χ4n) is 2.63. The first-order valence-corrected chi connectivity index (χ1v) is 6.74. The maximum absolute atomic E-state index is 10.8. The molecule has 0 saturated carbocycles. The van der Waals surface area contributed by atoms with Gasteiger partial charge in [-0.15, -0.1) is 0 Å². The topological polar surface area (TPSA) is 61.6 Å². The molecule has 108 valence electrons. The van der Waals surface area contributed by atoms with Crippen molar-refractivity contribution < 1.29 is 14.4 Å². The van der Waals surface area contributed by atoms with Gasteiger partial charge in [0.05, 0.1) is 17.6 Å². The first-order chi connectivity index (χ1) is 10.3. The summed E-state index contributed by atoms with van der Waals surface area (Å²) >= 11 is 0. The Morgan fingerprint density at radius 1 is 1.05 bits per heavy atom. The SMILES string of the molecule is O=[N+]([O-])c1ccc([C@@H](c2ccccc2)[C@@H]2COCO2)cc1. The first kappa shape index (κ1) is 13.7.